The number of halogens is 1. The van der Waals surface area contributed by atoms with Crippen LogP contribution in [0, 0.1) is 5.92 Å². The molecule has 3 heterocycles. The predicted octanol–water partition coefficient (Wildman–Crippen LogP) is 4.14. The van der Waals surface area contributed by atoms with Crippen molar-refractivity contribution >= 4 is 40.6 Å². The van der Waals surface area contributed by atoms with Gasteiger partial charge in [0.25, 0.3) is 5.91 Å². The fourth-order valence-electron chi connectivity index (χ4n) is 3.49. The Morgan fingerprint density at radius 3 is 2.79 bits per heavy atom. The average molecular weight is 429 g/mol. The Morgan fingerprint density at radius 2 is 2.03 bits per heavy atom. The van der Waals surface area contributed by atoms with Gasteiger partial charge in [-0.3, -0.25) is 9.59 Å². The van der Waals surface area contributed by atoms with Crippen LogP contribution in [0.25, 0.3) is 0 Å². The van der Waals surface area contributed by atoms with Gasteiger partial charge in [-0.1, -0.05) is 29.8 Å². The number of amides is 2. The lowest BCUT2D eigenvalue weighted by molar-refractivity contribution is -0.121. The van der Waals surface area contributed by atoms with Crippen molar-refractivity contribution in [1.82, 2.24) is 14.7 Å². The Labute approximate surface area is 178 Å². The molecular formula is C21H21ClN4O2S. The molecule has 2 aromatic heterocycles. The number of aromatic nitrogens is 2. The molecule has 4 rings (SSSR count). The number of piperidine rings is 1. The lowest BCUT2D eigenvalue weighted by atomic mass is 9.97. The highest BCUT2D eigenvalue weighted by molar-refractivity contribution is 7.12. The third-order valence-electron chi connectivity index (χ3n) is 5.02. The molecule has 8 heteroatoms. The summed E-state index contributed by atoms with van der Waals surface area (Å²) in [6.07, 6.45) is 3.25. The molecule has 0 bridgehead atoms. The molecule has 0 aliphatic carbocycles. The molecule has 1 aromatic carbocycles. The molecule has 3 aromatic rings. The van der Waals surface area contributed by atoms with Crippen LogP contribution in [0.3, 0.4) is 0 Å². The first-order valence-electron chi connectivity index (χ1n) is 9.50. The van der Waals surface area contributed by atoms with Crippen molar-refractivity contribution in [2.24, 2.45) is 5.92 Å². The molecule has 0 radical (unpaired) electrons. The number of rotatable bonds is 5. The molecule has 1 aliphatic rings. The summed E-state index contributed by atoms with van der Waals surface area (Å²) in [5, 5.41) is 9.88. The van der Waals surface area contributed by atoms with E-state index < -0.39 is 0 Å². The van der Waals surface area contributed by atoms with Crippen LogP contribution >= 0.6 is 22.9 Å². The largest absolute Gasteiger partial charge is 0.337 e. The Morgan fingerprint density at radius 1 is 1.21 bits per heavy atom. The average Bonchev–Trinajstić information content (AvgIpc) is 3.42. The predicted molar refractivity (Wildman–Crippen MR) is 114 cm³/mol. The van der Waals surface area contributed by atoms with Crippen LogP contribution in [0.5, 0.6) is 0 Å². The number of hydrogen-bond donors (Lipinski definition) is 1. The van der Waals surface area contributed by atoms with Crippen LogP contribution in [-0.2, 0) is 11.3 Å². The lowest BCUT2D eigenvalue weighted by Gasteiger charge is -2.31. The summed E-state index contributed by atoms with van der Waals surface area (Å²) in [6, 6.07) is 13.0. The highest BCUT2D eigenvalue weighted by Crippen LogP contribution is 2.22. The topological polar surface area (TPSA) is 67.2 Å². The fraction of sp³-hybridized carbons (Fsp3) is 0.286. The zero-order valence-electron chi connectivity index (χ0n) is 15.8. The normalized spacial score (nSPS) is 16.6. The third kappa shape index (κ3) is 4.68. The summed E-state index contributed by atoms with van der Waals surface area (Å²) < 4.78 is 1.75. The molecule has 1 fully saturated rings. The molecule has 1 atom stereocenters. The van der Waals surface area contributed by atoms with Gasteiger partial charge in [-0.2, -0.15) is 5.10 Å². The molecule has 1 saturated heterocycles. The Hall–Kier alpha value is -2.64. The third-order valence-corrected chi connectivity index (χ3v) is 6.13. The van der Waals surface area contributed by atoms with E-state index in [0.29, 0.717) is 35.4 Å². The van der Waals surface area contributed by atoms with Crippen LogP contribution in [0.1, 0.15) is 28.1 Å². The minimum atomic E-state index is -0.230. The van der Waals surface area contributed by atoms with Crippen molar-refractivity contribution in [3.05, 3.63) is 69.5 Å². The SMILES string of the molecule is O=C(Nc1ccnn1Cc1ccc(Cl)cc1)C1CCCN(C(=O)c2cccs2)C1. The second kappa shape index (κ2) is 8.80. The van der Waals surface area contributed by atoms with Gasteiger partial charge in [-0.15, -0.1) is 11.3 Å². The number of nitrogens with one attached hydrogen (secondary N) is 1. The summed E-state index contributed by atoms with van der Waals surface area (Å²) in [6.45, 7) is 1.66. The van der Waals surface area contributed by atoms with Crippen molar-refractivity contribution in [3.8, 4) is 0 Å². The number of anilines is 1. The molecule has 0 spiro atoms. The minimum Gasteiger partial charge on any atom is -0.337 e. The van der Waals surface area contributed by atoms with E-state index in [-0.39, 0.29) is 17.7 Å². The van der Waals surface area contributed by atoms with E-state index in [1.807, 2.05) is 41.8 Å². The van der Waals surface area contributed by atoms with Gasteiger partial charge in [0, 0.05) is 24.2 Å². The van der Waals surface area contributed by atoms with E-state index in [1.54, 1.807) is 21.8 Å². The van der Waals surface area contributed by atoms with Crippen LogP contribution in [0.2, 0.25) is 5.02 Å². The smallest absolute Gasteiger partial charge is 0.263 e. The summed E-state index contributed by atoms with van der Waals surface area (Å²) >= 11 is 7.37. The van der Waals surface area contributed by atoms with Crippen molar-refractivity contribution in [1.29, 1.82) is 0 Å². The van der Waals surface area contributed by atoms with Gasteiger partial charge in [0.05, 0.1) is 23.5 Å². The Bertz CT molecular complexity index is 985. The van der Waals surface area contributed by atoms with E-state index in [9.17, 15) is 9.59 Å². The summed E-state index contributed by atoms with van der Waals surface area (Å²) in [7, 11) is 0. The fourth-order valence-corrected chi connectivity index (χ4v) is 4.30. The molecule has 6 nitrogen and oxygen atoms in total. The van der Waals surface area contributed by atoms with E-state index in [1.165, 1.54) is 11.3 Å². The molecule has 2 amide bonds. The molecule has 1 unspecified atom stereocenters. The van der Waals surface area contributed by atoms with E-state index in [4.69, 9.17) is 11.6 Å². The van der Waals surface area contributed by atoms with Gasteiger partial charge in [0.1, 0.15) is 5.82 Å². The Balaban J connectivity index is 1.40. The minimum absolute atomic E-state index is 0.00489. The van der Waals surface area contributed by atoms with Crippen LogP contribution < -0.4 is 5.32 Å². The first-order valence-corrected chi connectivity index (χ1v) is 10.8. The number of nitrogens with zero attached hydrogens (tertiary/aromatic N) is 3. The van der Waals surface area contributed by atoms with Gasteiger partial charge < -0.3 is 10.2 Å². The molecular weight excluding hydrogens is 408 g/mol. The van der Waals surface area contributed by atoms with Crippen LogP contribution in [0.4, 0.5) is 5.82 Å². The van der Waals surface area contributed by atoms with E-state index in [2.05, 4.69) is 10.4 Å². The van der Waals surface area contributed by atoms with E-state index in [0.717, 1.165) is 18.4 Å². The number of hydrogen-bond acceptors (Lipinski definition) is 4. The standard InChI is InChI=1S/C21H21ClN4O2S/c22-17-7-5-15(6-8-17)13-26-19(9-10-23-26)24-20(27)16-3-1-11-25(14-16)21(28)18-4-2-12-29-18/h2,4-10,12,16H,1,3,11,13-14H2,(H,24,27). The maximum atomic E-state index is 12.9. The van der Waals surface area contributed by atoms with Crippen molar-refractivity contribution < 1.29 is 9.59 Å². The second-order valence-corrected chi connectivity index (χ2v) is 8.44. The summed E-state index contributed by atoms with van der Waals surface area (Å²) in [5.74, 6) is 0.343. The number of carbonyl (C=O) groups is 2. The molecule has 1 aliphatic heterocycles. The van der Waals surface area contributed by atoms with Crippen molar-refractivity contribution in [3.63, 3.8) is 0 Å². The number of carbonyl (C=O) groups excluding carboxylic acids is 2. The van der Waals surface area contributed by atoms with Crippen LogP contribution in [-0.4, -0.2) is 39.6 Å². The lowest BCUT2D eigenvalue weighted by Crippen LogP contribution is -2.43. The summed E-state index contributed by atoms with van der Waals surface area (Å²) in [5.41, 5.74) is 1.04. The van der Waals surface area contributed by atoms with Crippen molar-refractivity contribution in [2.75, 3.05) is 18.4 Å². The van der Waals surface area contributed by atoms with Crippen molar-refractivity contribution in [2.45, 2.75) is 19.4 Å². The first-order chi connectivity index (χ1) is 14.1. The monoisotopic (exact) mass is 428 g/mol. The van der Waals surface area contributed by atoms with Gasteiger partial charge >= 0.3 is 0 Å². The van der Waals surface area contributed by atoms with Gasteiger partial charge in [0.15, 0.2) is 0 Å². The number of likely N-dealkylation sites (tertiary alicyclic amines) is 1. The Kier molecular flexibility index (Phi) is 5.97. The zero-order valence-corrected chi connectivity index (χ0v) is 17.3. The number of thiophene rings is 1. The quantitative estimate of drug-likeness (QED) is 0.664. The highest BCUT2D eigenvalue weighted by Gasteiger charge is 2.29. The molecule has 1 N–H and O–H groups in total. The van der Waals surface area contributed by atoms with E-state index >= 15 is 0 Å². The van der Waals surface area contributed by atoms with Gasteiger partial charge in [0.2, 0.25) is 5.91 Å². The molecule has 150 valence electrons. The maximum Gasteiger partial charge on any atom is 0.263 e. The molecule has 0 saturated carbocycles. The van der Waals surface area contributed by atoms with Gasteiger partial charge in [-0.05, 0) is 42.0 Å². The number of benzene rings is 1. The summed E-state index contributed by atoms with van der Waals surface area (Å²) in [4.78, 5) is 28.0. The maximum absolute atomic E-state index is 12.9. The first kappa shape index (κ1) is 19.7. The van der Waals surface area contributed by atoms with Crippen LogP contribution in [0.15, 0.2) is 54.0 Å². The van der Waals surface area contributed by atoms with Gasteiger partial charge in [-0.25, -0.2) is 4.68 Å². The highest BCUT2D eigenvalue weighted by atomic mass is 35.5. The second-order valence-electron chi connectivity index (χ2n) is 7.06. The molecule has 29 heavy (non-hydrogen) atoms. The zero-order chi connectivity index (χ0) is 20.2.